The van der Waals surface area contributed by atoms with Crippen LogP contribution in [0, 0.1) is 0 Å². The van der Waals surface area contributed by atoms with Crippen LogP contribution in [-0.2, 0) is 28.8 Å². The first-order chi connectivity index (χ1) is 14.8. The van der Waals surface area contributed by atoms with Crippen LogP contribution in [0.4, 0.5) is 0 Å². The molecule has 0 bridgehead atoms. The van der Waals surface area contributed by atoms with Crippen molar-refractivity contribution in [3.05, 3.63) is 0 Å². The van der Waals surface area contributed by atoms with E-state index < -0.39 is 85.2 Å². The number of rotatable bonds is 15. The van der Waals surface area contributed by atoms with E-state index in [-0.39, 0.29) is 12.2 Å². The van der Waals surface area contributed by atoms with Crippen molar-refractivity contribution in [2.45, 2.75) is 62.9 Å². The number of nitrogens with one attached hydrogen (secondary N) is 3. The van der Waals surface area contributed by atoms with E-state index in [1.807, 2.05) is 5.32 Å². The van der Waals surface area contributed by atoms with Crippen LogP contribution in [0.15, 0.2) is 0 Å². The highest BCUT2D eigenvalue weighted by Crippen LogP contribution is 2.05. The van der Waals surface area contributed by atoms with Crippen molar-refractivity contribution >= 4 is 48.3 Å². The van der Waals surface area contributed by atoms with Crippen LogP contribution in [0.1, 0.15) is 32.6 Å². The van der Waals surface area contributed by atoms with E-state index in [1.54, 1.807) is 0 Å². The molecule has 0 aliphatic carbocycles. The van der Waals surface area contributed by atoms with Crippen LogP contribution in [-0.4, -0.2) is 92.1 Å². The molecular formula is C17H28N4O10S. The molecule has 0 aliphatic rings. The minimum atomic E-state index is -1.73. The third-order valence-corrected chi connectivity index (χ3v) is 4.53. The van der Waals surface area contributed by atoms with Gasteiger partial charge in [0.05, 0.1) is 12.1 Å². The number of carboxylic acids is 3. The van der Waals surface area contributed by atoms with Crippen LogP contribution in [0.25, 0.3) is 0 Å². The number of hydrogen-bond donors (Lipinski definition) is 9. The van der Waals surface area contributed by atoms with Gasteiger partial charge in [-0.3, -0.25) is 24.0 Å². The predicted octanol–water partition coefficient (Wildman–Crippen LogP) is -3.11. The third-order valence-electron chi connectivity index (χ3n) is 4.14. The first kappa shape index (κ1) is 29.1. The van der Waals surface area contributed by atoms with E-state index in [4.69, 9.17) is 21.1 Å². The normalized spacial score (nSPS) is 15.4. The molecule has 5 atom stereocenters. The Morgan fingerprint density at radius 3 is 1.56 bits per heavy atom. The maximum atomic E-state index is 12.6. The predicted molar refractivity (Wildman–Crippen MR) is 111 cm³/mol. The Kier molecular flexibility index (Phi) is 12.9. The molecular weight excluding hydrogens is 452 g/mol. The quantitative estimate of drug-likeness (QED) is 0.106. The number of aliphatic hydroxyl groups excluding tert-OH is 1. The average molecular weight is 480 g/mol. The molecule has 0 aromatic heterocycles. The van der Waals surface area contributed by atoms with Crippen molar-refractivity contribution in [1.82, 2.24) is 16.0 Å². The third kappa shape index (κ3) is 10.9. The van der Waals surface area contributed by atoms with Crippen LogP contribution < -0.4 is 21.7 Å². The average Bonchev–Trinajstić information content (AvgIpc) is 2.69. The Bertz CT molecular complexity index is 717. The zero-order valence-corrected chi connectivity index (χ0v) is 18.1. The molecule has 0 saturated carbocycles. The van der Waals surface area contributed by atoms with Gasteiger partial charge in [0.2, 0.25) is 17.7 Å². The molecule has 182 valence electrons. The van der Waals surface area contributed by atoms with E-state index in [9.17, 15) is 33.9 Å². The maximum Gasteiger partial charge on any atom is 0.328 e. The largest absolute Gasteiger partial charge is 0.481 e. The van der Waals surface area contributed by atoms with Crippen LogP contribution in [0.2, 0.25) is 0 Å². The summed E-state index contributed by atoms with van der Waals surface area (Å²) in [5.74, 6) is -7.13. The van der Waals surface area contributed by atoms with Gasteiger partial charge in [0.15, 0.2) is 6.04 Å². The summed E-state index contributed by atoms with van der Waals surface area (Å²) in [6.45, 7) is 1.10. The highest BCUT2D eigenvalue weighted by molar-refractivity contribution is 7.80. The van der Waals surface area contributed by atoms with Gasteiger partial charge < -0.3 is 42.1 Å². The second kappa shape index (κ2) is 14.2. The topological polar surface area (TPSA) is 245 Å². The first-order valence-electron chi connectivity index (χ1n) is 9.42. The van der Waals surface area contributed by atoms with Gasteiger partial charge in [-0.1, -0.05) is 0 Å². The number of nitrogens with two attached hydrogens (primary N) is 1. The van der Waals surface area contributed by atoms with E-state index in [0.717, 1.165) is 6.92 Å². The molecule has 3 amide bonds. The molecule has 0 spiro atoms. The SMILES string of the molecule is CC(O)C(NC(=O)C(CCC(=O)O)NC(=O)C(CCC(=O)O)NC(=O)C(N)CS)C(=O)O. The van der Waals surface area contributed by atoms with Crippen molar-refractivity contribution in [2.75, 3.05) is 5.75 Å². The van der Waals surface area contributed by atoms with Gasteiger partial charge in [0.1, 0.15) is 12.1 Å². The van der Waals surface area contributed by atoms with Crippen molar-refractivity contribution < 1.29 is 49.2 Å². The van der Waals surface area contributed by atoms with Gasteiger partial charge in [0, 0.05) is 18.6 Å². The number of thiol groups is 1. The Hall–Kier alpha value is -2.91. The van der Waals surface area contributed by atoms with Crippen LogP contribution >= 0.6 is 12.6 Å². The zero-order chi connectivity index (χ0) is 25.0. The molecule has 0 heterocycles. The number of carbonyl (C=O) groups is 6. The molecule has 5 unspecified atom stereocenters. The van der Waals surface area contributed by atoms with Gasteiger partial charge in [-0.25, -0.2) is 4.79 Å². The lowest BCUT2D eigenvalue weighted by Gasteiger charge is -2.25. The van der Waals surface area contributed by atoms with Crippen molar-refractivity contribution in [2.24, 2.45) is 5.73 Å². The Labute approximate surface area is 188 Å². The zero-order valence-electron chi connectivity index (χ0n) is 17.2. The first-order valence-corrected chi connectivity index (χ1v) is 10.0. The fourth-order valence-corrected chi connectivity index (χ4v) is 2.52. The monoisotopic (exact) mass is 480 g/mol. The number of carbonyl (C=O) groups excluding carboxylic acids is 3. The number of carboxylic acid groups (broad SMARTS) is 3. The van der Waals surface area contributed by atoms with E-state index in [1.165, 1.54) is 0 Å². The lowest BCUT2D eigenvalue weighted by atomic mass is 10.1. The molecule has 32 heavy (non-hydrogen) atoms. The summed E-state index contributed by atoms with van der Waals surface area (Å²) in [4.78, 5) is 70.1. The van der Waals surface area contributed by atoms with Gasteiger partial charge in [0.25, 0.3) is 0 Å². The smallest absolute Gasteiger partial charge is 0.328 e. The molecule has 0 aromatic carbocycles. The van der Waals surface area contributed by atoms with Crippen molar-refractivity contribution in [1.29, 1.82) is 0 Å². The number of aliphatic hydroxyl groups is 1. The number of aliphatic carboxylic acids is 3. The summed E-state index contributed by atoms with van der Waals surface area (Å²) in [7, 11) is 0. The molecule has 14 nitrogen and oxygen atoms in total. The Morgan fingerprint density at radius 2 is 1.22 bits per heavy atom. The highest BCUT2D eigenvalue weighted by Gasteiger charge is 2.32. The maximum absolute atomic E-state index is 12.6. The summed E-state index contributed by atoms with van der Waals surface area (Å²) in [6, 6.07) is -5.83. The molecule has 0 radical (unpaired) electrons. The van der Waals surface area contributed by atoms with Crippen molar-refractivity contribution in [3.8, 4) is 0 Å². The number of hydrogen-bond acceptors (Lipinski definition) is 9. The Morgan fingerprint density at radius 1 is 0.812 bits per heavy atom. The van der Waals surface area contributed by atoms with Gasteiger partial charge in [-0.2, -0.15) is 12.6 Å². The molecule has 0 rings (SSSR count). The van der Waals surface area contributed by atoms with Crippen molar-refractivity contribution in [3.63, 3.8) is 0 Å². The summed E-state index contributed by atoms with van der Waals surface area (Å²) < 4.78 is 0. The Balaban J connectivity index is 5.57. The van der Waals surface area contributed by atoms with Crippen LogP contribution in [0.5, 0.6) is 0 Å². The molecule has 0 aliphatic heterocycles. The van der Waals surface area contributed by atoms with Gasteiger partial charge in [-0.15, -0.1) is 0 Å². The molecule has 0 saturated heterocycles. The fraction of sp³-hybridized carbons (Fsp3) is 0.647. The summed E-state index contributed by atoms with van der Waals surface area (Å²) in [5, 5.41) is 42.7. The fourth-order valence-electron chi connectivity index (χ4n) is 2.35. The lowest BCUT2D eigenvalue weighted by Crippen LogP contribution is -2.58. The van der Waals surface area contributed by atoms with E-state index in [2.05, 4.69) is 23.3 Å². The summed E-state index contributed by atoms with van der Waals surface area (Å²) >= 11 is 3.85. The molecule has 9 N–H and O–H groups in total. The van der Waals surface area contributed by atoms with Gasteiger partial charge in [-0.05, 0) is 19.8 Å². The highest BCUT2D eigenvalue weighted by atomic mass is 32.1. The second-order valence-corrected chi connectivity index (χ2v) is 7.21. The number of amides is 3. The minimum absolute atomic E-state index is 0.0708. The second-order valence-electron chi connectivity index (χ2n) is 6.84. The van der Waals surface area contributed by atoms with Gasteiger partial charge >= 0.3 is 17.9 Å². The van der Waals surface area contributed by atoms with E-state index >= 15 is 0 Å². The molecule has 0 fully saturated rings. The standard InChI is InChI=1S/C17H28N4O10S/c1-7(22)13(17(30)31)21-16(29)10(3-5-12(25)26)20-15(28)9(2-4-11(23)24)19-14(27)8(18)6-32/h7-10,13,22,32H,2-6,18H2,1H3,(H,19,27)(H,20,28)(H,21,29)(H,23,24)(H,25,26)(H,30,31). The summed E-state index contributed by atoms with van der Waals surface area (Å²) in [5.41, 5.74) is 5.52. The molecule has 15 heteroatoms. The summed E-state index contributed by atoms with van der Waals surface area (Å²) in [6.07, 6.45) is -3.43. The van der Waals surface area contributed by atoms with Crippen LogP contribution in [0.3, 0.4) is 0 Å². The minimum Gasteiger partial charge on any atom is -0.481 e. The lowest BCUT2D eigenvalue weighted by molar-refractivity contribution is -0.145. The van der Waals surface area contributed by atoms with E-state index in [0.29, 0.717) is 0 Å². The molecule has 0 aromatic rings.